The van der Waals surface area contributed by atoms with E-state index in [4.69, 9.17) is 18.5 Å². The van der Waals surface area contributed by atoms with E-state index in [1.807, 2.05) is 21.1 Å². The highest BCUT2D eigenvalue weighted by Gasteiger charge is 2.20. The van der Waals surface area contributed by atoms with Gasteiger partial charge in [-0.3, -0.25) is 9.36 Å². The maximum absolute atomic E-state index is 12.7. The maximum Gasteiger partial charge on any atom is 0.306 e. The van der Waals surface area contributed by atoms with Gasteiger partial charge in [-0.15, -0.1) is 0 Å². The molecule has 9 heteroatoms. The van der Waals surface area contributed by atoms with E-state index in [2.05, 4.69) is 13.8 Å². The molecule has 2 unspecified atom stereocenters. The summed E-state index contributed by atoms with van der Waals surface area (Å²) < 4.78 is 34.7. The zero-order chi connectivity index (χ0) is 44.1. The third-order valence-corrected chi connectivity index (χ3v) is 12.9. The summed E-state index contributed by atoms with van der Waals surface area (Å²) in [4.78, 5) is 25.2. The van der Waals surface area contributed by atoms with Crippen LogP contribution in [0.5, 0.6) is 0 Å². The molecule has 8 nitrogen and oxygen atoms in total. The highest BCUT2D eigenvalue weighted by atomic mass is 31.2. The lowest BCUT2D eigenvalue weighted by molar-refractivity contribution is -0.870. The first-order valence-electron chi connectivity index (χ1n) is 26.3. The molecular formula is C51H104NO7P. The van der Waals surface area contributed by atoms with Gasteiger partial charge in [-0.2, -0.15) is 0 Å². The fourth-order valence-corrected chi connectivity index (χ4v) is 8.57. The van der Waals surface area contributed by atoms with Crippen molar-refractivity contribution in [2.75, 3.05) is 54.1 Å². The fraction of sp³-hybridized carbons (Fsp3) is 0.980. The Morgan fingerprint density at radius 3 is 1.10 bits per heavy atom. The molecule has 0 aliphatic heterocycles. The number of hydrogen-bond donors (Lipinski definition) is 0. The summed E-state index contributed by atoms with van der Waals surface area (Å²) >= 11 is 0. The first kappa shape index (κ1) is 59.5. The van der Waals surface area contributed by atoms with Crippen molar-refractivity contribution >= 4 is 13.8 Å². The smallest absolute Gasteiger partial charge is 0.306 e. The first-order chi connectivity index (χ1) is 29.1. The Bertz CT molecular complexity index is 930. The first-order valence-corrected chi connectivity index (χ1v) is 27.7. The van der Waals surface area contributed by atoms with E-state index in [0.717, 1.165) is 32.1 Å². The van der Waals surface area contributed by atoms with Crippen LogP contribution in [-0.2, 0) is 27.9 Å². The van der Waals surface area contributed by atoms with Gasteiger partial charge in [-0.25, -0.2) is 0 Å². The molecule has 0 aliphatic carbocycles. The number of esters is 1. The summed E-state index contributed by atoms with van der Waals surface area (Å²) in [7, 11) is 1.38. The van der Waals surface area contributed by atoms with Crippen molar-refractivity contribution in [1.82, 2.24) is 0 Å². The van der Waals surface area contributed by atoms with E-state index in [1.54, 1.807) is 0 Å². The van der Waals surface area contributed by atoms with Crippen LogP contribution in [-0.4, -0.2) is 70.7 Å². The molecule has 0 aromatic rings. The quantitative estimate of drug-likeness (QED) is 0.0260. The third kappa shape index (κ3) is 48.5. The van der Waals surface area contributed by atoms with Crippen LogP contribution in [0.15, 0.2) is 0 Å². The van der Waals surface area contributed by atoms with Gasteiger partial charge in [-0.05, 0) is 12.8 Å². The molecular weight excluding hydrogens is 770 g/mol. The number of nitrogens with zero attached hydrogens (tertiary/aromatic N) is 1. The van der Waals surface area contributed by atoms with Gasteiger partial charge in [0.15, 0.2) is 0 Å². The predicted molar refractivity (Wildman–Crippen MR) is 255 cm³/mol. The largest absolute Gasteiger partial charge is 0.756 e. The molecule has 0 rings (SSSR count). The van der Waals surface area contributed by atoms with Crippen LogP contribution in [0.1, 0.15) is 264 Å². The molecule has 0 saturated carbocycles. The molecule has 0 heterocycles. The molecule has 0 bridgehead atoms. The minimum absolute atomic E-state index is 0.0317. The molecule has 0 aromatic carbocycles. The van der Waals surface area contributed by atoms with Crippen molar-refractivity contribution in [2.45, 2.75) is 270 Å². The second-order valence-corrected chi connectivity index (χ2v) is 20.7. The van der Waals surface area contributed by atoms with Gasteiger partial charge in [-0.1, -0.05) is 245 Å². The highest BCUT2D eigenvalue weighted by Crippen LogP contribution is 2.38. The Balaban J connectivity index is 4.02. The van der Waals surface area contributed by atoms with E-state index in [1.165, 1.54) is 212 Å². The summed E-state index contributed by atoms with van der Waals surface area (Å²) in [6, 6.07) is 0. The van der Waals surface area contributed by atoms with Gasteiger partial charge >= 0.3 is 5.97 Å². The van der Waals surface area contributed by atoms with Gasteiger partial charge in [0.05, 0.1) is 34.4 Å². The molecule has 0 fully saturated rings. The van der Waals surface area contributed by atoms with Gasteiger partial charge in [0.25, 0.3) is 7.82 Å². The van der Waals surface area contributed by atoms with Crippen molar-refractivity contribution in [3.63, 3.8) is 0 Å². The summed E-state index contributed by atoms with van der Waals surface area (Å²) in [6.45, 7) is 5.49. The second kappa shape index (κ2) is 45.1. The molecule has 0 aromatic heterocycles. The number of unbranched alkanes of at least 4 members (excludes halogenated alkanes) is 36. The van der Waals surface area contributed by atoms with Crippen molar-refractivity contribution in [3.05, 3.63) is 0 Å². The van der Waals surface area contributed by atoms with Crippen LogP contribution < -0.4 is 4.89 Å². The molecule has 2 atom stereocenters. The Morgan fingerprint density at radius 2 is 0.767 bits per heavy atom. The van der Waals surface area contributed by atoms with Gasteiger partial charge < -0.3 is 27.9 Å². The van der Waals surface area contributed by atoms with E-state index in [9.17, 15) is 14.3 Å². The molecule has 0 saturated heterocycles. The lowest BCUT2D eigenvalue weighted by atomic mass is 10.0. The van der Waals surface area contributed by atoms with E-state index in [0.29, 0.717) is 24.1 Å². The van der Waals surface area contributed by atoms with Crippen molar-refractivity contribution in [2.24, 2.45) is 0 Å². The summed E-state index contributed by atoms with van der Waals surface area (Å²) in [5, 5.41) is 0. The number of rotatable bonds is 50. The molecule has 0 aliphatic rings. The van der Waals surface area contributed by atoms with Crippen LogP contribution in [0, 0.1) is 0 Å². The maximum atomic E-state index is 12.7. The lowest BCUT2D eigenvalue weighted by Gasteiger charge is -2.28. The SMILES string of the molecule is CCCCCCCCCCCCCCCCCCCCCCCCCCC(=O)OC(COCCCCCCCCCCCCCCCC)COP(=O)([O-])OCC[N+](C)(C)C. The zero-order valence-electron chi connectivity index (χ0n) is 40.9. The second-order valence-electron chi connectivity index (χ2n) is 19.3. The van der Waals surface area contributed by atoms with E-state index in [-0.39, 0.29) is 25.8 Å². The number of carbonyl (C=O) groups excluding carboxylic acids is 1. The fourth-order valence-electron chi connectivity index (χ4n) is 7.84. The van der Waals surface area contributed by atoms with Crippen molar-refractivity contribution < 1.29 is 37.3 Å². The zero-order valence-corrected chi connectivity index (χ0v) is 41.8. The molecule has 0 radical (unpaired) electrons. The Labute approximate surface area is 374 Å². The average Bonchev–Trinajstić information content (AvgIpc) is 3.20. The third-order valence-electron chi connectivity index (χ3n) is 11.9. The summed E-state index contributed by atoms with van der Waals surface area (Å²) in [6.07, 6.45) is 49.9. The van der Waals surface area contributed by atoms with Crippen LogP contribution in [0.25, 0.3) is 0 Å². The van der Waals surface area contributed by atoms with Crippen LogP contribution in [0.4, 0.5) is 0 Å². The van der Waals surface area contributed by atoms with Gasteiger partial charge in [0, 0.05) is 13.0 Å². The molecule has 0 spiro atoms. The number of phosphoric ester groups is 1. The van der Waals surface area contributed by atoms with Crippen LogP contribution >= 0.6 is 7.82 Å². The number of carbonyl (C=O) groups is 1. The minimum atomic E-state index is -4.52. The van der Waals surface area contributed by atoms with E-state index < -0.39 is 13.9 Å². The number of phosphoric acid groups is 1. The number of hydrogen-bond acceptors (Lipinski definition) is 7. The molecule has 60 heavy (non-hydrogen) atoms. The lowest BCUT2D eigenvalue weighted by Crippen LogP contribution is -2.37. The topological polar surface area (TPSA) is 94.1 Å². The Kier molecular flexibility index (Phi) is 44.7. The Morgan fingerprint density at radius 1 is 0.450 bits per heavy atom. The van der Waals surface area contributed by atoms with Crippen molar-refractivity contribution in [1.29, 1.82) is 0 Å². The molecule has 0 amide bonds. The predicted octanol–water partition coefficient (Wildman–Crippen LogP) is 15.4. The van der Waals surface area contributed by atoms with Crippen LogP contribution in [0.2, 0.25) is 0 Å². The van der Waals surface area contributed by atoms with Gasteiger partial charge in [0.2, 0.25) is 0 Å². The monoisotopic (exact) mass is 874 g/mol. The molecule has 360 valence electrons. The Hall–Kier alpha value is -0.500. The van der Waals surface area contributed by atoms with E-state index >= 15 is 0 Å². The molecule has 0 N–H and O–H groups in total. The highest BCUT2D eigenvalue weighted by molar-refractivity contribution is 7.45. The van der Waals surface area contributed by atoms with Gasteiger partial charge in [0.1, 0.15) is 19.3 Å². The van der Waals surface area contributed by atoms with Crippen LogP contribution in [0.3, 0.4) is 0 Å². The number of likely N-dealkylation sites (N-methyl/N-ethyl adjacent to an activating group) is 1. The minimum Gasteiger partial charge on any atom is -0.756 e. The average molecular weight is 874 g/mol. The normalized spacial score (nSPS) is 13.5. The standard InChI is InChI=1S/C51H104NO7P/c1-6-8-10-12-14-16-18-20-22-23-24-25-26-27-28-29-30-31-32-34-36-38-40-42-44-51(53)59-50(49-58-60(54,55)57-47-45-52(3,4)5)48-56-46-43-41-39-37-35-33-21-19-17-15-13-11-9-7-2/h50H,6-49H2,1-5H3. The summed E-state index contributed by atoms with van der Waals surface area (Å²) in [5.41, 5.74) is 0. The number of ether oxygens (including phenoxy) is 2. The van der Waals surface area contributed by atoms with Crippen molar-refractivity contribution in [3.8, 4) is 0 Å². The number of quaternary nitrogens is 1. The summed E-state index contributed by atoms with van der Waals surface area (Å²) in [5.74, 6) is -0.325.